The Labute approximate surface area is 260 Å². The van der Waals surface area contributed by atoms with E-state index in [2.05, 4.69) is 80.2 Å². The van der Waals surface area contributed by atoms with Crippen molar-refractivity contribution in [1.82, 2.24) is 35.5 Å². The Morgan fingerprint density at radius 3 is 2.51 bits per heavy atom. The third-order valence-corrected chi connectivity index (χ3v) is 8.93. The van der Waals surface area contributed by atoms with Gasteiger partial charge in [-0.2, -0.15) is 0 Å². The summed E-state index contributed by atoms with van der Waals surface area (Å²) in [5.41, 5.74) is 6.24. The molecule has 0 aliphatic carbocycles. The lowest BCUT2D eigenvalue weighted by atomic mass is 9.99. The number of carbonyl (C=O) groups is 2. The van der Waals surface area contributed by atoms with Gasteiger partial charge in [-0.05, 0) is 78.4 Å². The maximum atomic E-state index is 13.4. The highest BCUT2D eigenvalue weighted by Crippen LogP contribution is 2.34. The lowest BCUT2D eigenvalue weighted by molar-refractivity contribution is -0.135. The summed E-state index contributed by atoms with van der Waals surface area (Å²) in [6.45, 7) is 1.67. The molecule has 7 rings (SSSR count). The van der Waals surface area contributed by atoms with Gasteiger partial charge in [-0.15, -0.1) is 0 Å². The molecule has 0 radical (unpaired) electrons. The van der Waals surface area contributed by atoms with Crippen molar-refractivity contribution < 1.29 is 19.1 Å². The number of aromatic nitrogens is 4. The molecular formula is C34H37N7O4. The van der Waals surface area contributed by atoms with Gasteiger partial charge < -0.3 is 35.0 Å². The average Bonchev–Trinajstić information content (AvgIpc) is 3.89. The van der Waals surface area contributed by atoms with Gasteiger partial charge in [0, 0.05) is 19.2 Å². The number of aromatic amines is 2. The number of methoxy groups -OCH3 is 2. The number of amides is 2. The summed E-state index contributed by atoms with van der Waals surface area (Å²) in [4.78, 5) is 43.4. The number of nitrogens with zero attached hydrogens (tertiary/aromatic N) is 3. The van der Waals surface area contributed by atoms with Crippen LogP contribution in [0.15, 0.2) is 60.8 Å². The van der Waals surface area contributed by atoms with Crippen molar-refractivity contribution >= 4 is 33.8 Å². The van der Waals surface area contributed by atoms with E-state index in [-0.39, 0.29) is 18.6 Å². The number of likely N-dealkylation sites (tertiary alicyclic amines) is 1. The Bertz CT molecular complexity index is 1860. The molecule has 2 aliphatic heterocycles. The van der Waals surface area contributed by atoms with Gasteiger partial charge in [0.2, 0.25) is 5.91 Å². The number of benzene rings is 3. The van der Waals surface area contributed by atoms with Crippen molar-refractivity contribution in [2.45, 2.75) is 43.8 Å². The van der Waals surface area contributed by atoms with E-state index in [1.54, 1.807) is 4.90 Å². The number of rotatable bonds is 8. The molecule has 4 heterocycles. The molecule has 2 saturated heterocycles. The van der Waals surface area contributed by atoms with Crippen LogP contribution < -0.4 is 10.6 Å². The maximum absolute atomic E-state index is 13.4. The van der Waals surface area contributed by atoms with Gasteiger partial charge in [0.15, 0.2) is 0 Å². The highest BCUT2D eigenvalue weighted by atomic mass is 16.5. The minimum atomic E-state index is -0.837. The number of hydrogen-bond acceptors (Lipinski definition) is 7. The first-order valence-electron chi connectivity index (χ1n) is 15.5. The summed E-state index contributed by atoms with van der Waals surface area (Å²) in [5, 5.41) is 8.37. The molecule has 2 aliphatic rings. The quantitative estimate of drug-likeness (QED) is 0.190. The monoisotopic (exact) mass is 607 g/mol. The summed E-state index contributed by atoms with van der Waals surface area (Å²) in [7, 11) is 2.76. The molecule has 232 valence electrons. The zero-order chi connectivity index (χ0) is 30.9. The fourth-order valence-corrected chi connectivity index (χ4v) is 6.59. The van der Waals surface area contributed by atoms with E-state index in [4.69, 9.17) is 14.5 Å². The zero-order valence-corrected chi connectivity index (χ0v) is 25.4. The predicted octanol–water partition coefficient (Wildman–Crippen LogP) is 5.23. The molecule has 3 unspecified atom stereocenters. The van der Waals surface area contributed by atoms with Gasteiger partial charge in [-0.25, -0.2) is 14.8 Å². The van der Waals surface area contributed by atoms with Crippen molar-refractivity contribution in [3.05, 3.63) is 72.4 Å². The average molecular weight is 608 g/mol. The Morgan fingerprint density at radius 1 is 0.956 bits per heavy atom. The fourth-order valence-electron chi connectivity index (χ4n) is 6.59. The van der Waals surface area contributed by atoms with Crippen LogP contribution in [0.25, 0.3) is 44.2 Å². The standard InChI is InChI=1S/C34H37N7O4/c1-44-19-29(40-34(43)45-2)33(42)41-14-4-6-30(41)32-36-18-28(39-32)24-10-9-20-15-21(7-8-22(20)16-24)23-11-12-25-27(17-23)38-31(37-25)26-5-3-13-35-26/h7-12,15-18,26,29-30,35H,3-6,13-14,19H2,1-2H3,(H,36,39)(H,37,38)(H,40,43). The second kappa shape index (κ2) is 12.3. The fraction of sp³-hybridized carbons (Fsp3) is 0.353. The topological polar surface area (TPSA) is 137 Å². The number of H-pyrrole nitrogens is 2. The first-order valence-corrected chi connectivity index (χ1v) is 15.5. The van der Waals surface area contributed by atoms with Crippen molar-refractivity contribution in [2.24, 2.45) is 0 Å². The van der Waals surface area contributed by atoms with Crippen LogP contribution in [0.1, 0.15) is 49.4 Å². The number of alkyl carbamates (subject to hydrolysis) is 1. The number of carbonyl (C=O) groups excluding carboxylic acids is 2. The number of ether oxygens (including phenoxy) is 2. The van der Waals surface area contributed by atoms with E-state index in [0.717, 1.165) is 81.6 Å². The largest absolute Gasteiger partial charge is 0.453 e. The van der Waals surface area contributed by atoms with Crippen LogP contribution in [0.5, 0.6) is 0 Å². The first kappa shape index (κ1) is 29.0. The number of fused-ring (bicyclic) bond motifs is 2. The van der Waals surface area contributed by atoms with Crippen LogP contribution >= 0.6 is 0 Å². The predicted molar refractivity (Wildman–Crippen MR) is 171 cm³/mol. The summed E-state index contributed by atoms with van der Waals surface area (Å²) < 4.78 is 9.88. The molecule has 3 aromatic carbocycles. The Morgan fingerprint density at radius 2 is 1.73 bits per heavy atom. The molecule has 2 aromatic heterocycles. The van der Waals surface area contributed by atoms with Gasteiger partial charge in [0.1, 0.15) is 17.7 Å². The van der Waals surface area contributed by atoms with Crippen molar-refractivity contribution in [3.8, 4) is 22.4 Å². The third-order valence-electron chi connectivity index (χ3n) is 8.93. The Kier molecular flexibility index (Phi) is 7.95. The van der Waals surface area contributed by atoms with E-state index >= 15 is 0 Å². The molecule has 0 bridgehead atoms. The van der Waals surface area contributed by atoms with Gasteiger partial charge in [-0.3, -0.25) is 4.79 Å². The minimum Gasteiger partial charge on any atom is -0.453 e. The number of nitrogens with one attached hydrogen (secondary N) is 4. The van der Waals surface area contributed by atoms with Crippen LogP contribution in [0.3, 0.4) is 0 Å². The highest BCUT2D eigenvalue weighted by molar-refractivity contribution is 5.92. The maximum Gasteiger partial charge on any atom is 0.407 e. The molecule has 2 amide bonds. The van der Waals surface area contributed by atoms with Crippen LogP contribution in [0.2, 0.25) is 0 Å². The lowest BCUT2D eigenvalue weighted by Gasteiger charge is -2.27. The molecular weight excluding hydrogens is 570 g/mol. The SMILES string of the molecule is COCC(NC(=O)OC)C(=O)N1CCCC1c1ncc(-c2ccc3cc(-c4ccc5nc(C6CCCN6)[nH]c5c4)ccc3c2)[nH]1. The normalized spacial score (nSPS) is 18.9. The van der Waals surface area contributed by atoms with Gasteiger partial charge >= 0.3 is 6.09 Å². The highest BCUT2D eigenvalue weighted by Gasteiger charge is 2.36. The Balaban J connectivity index is 1.09. The summed E-state index contributed by atoms with van der Waals surface area (Å²) in [5.74, 6) is 1.52. The molecule has 45 heavy (non-hydrogen) atoms. The summed E-state index contributed by atoms with van der Waals surface area (Å²) in [6, 6.07) is 18.6. The molecule has 0 saturated carbocycles. The second-order valence-electron chi connectivity index (χ2n) is 11.8. The summed E-state index contributed by atoms with van der Waals surface area (Å²) >= 11 is 0. The van der Waals surface area contributed by atoms with Crippen molar-refractivity contribution in [1.29, 1.82) is 0 Å². The van der Waals surface area contributed by atoms with Crippen molar-refractivity contribution in [2.75, 3.05) is 33.9 Å². The van der Waals surface area contributed by atoms with Crippen LogP contribution in [0.4, 0.5) is 4.79 Å². The molecule has 3 atom stereocenters. The van der Waals surface area contributed by atoms with Crippen LogP contribution in [-0.2, 0) is 14.3 Å². The molecule has 11 heteroatoms. The van der Waals surface area contributed by atoms with E-state index in [1.165, 1.54) is 20.6 Å². The number of hydrogen-bond donors (Lipinski definition) is 4. The van der Waals surface area contributed by atoms with E-state index < -0.39 is 12.1 Å². The summed E-state index contributed by atoms with van der Waals surface area (Å²) in [6.07, 6.45) is 5.06. The third kappa shape index (κ3) is 5.76. The minimum absolute atomic E-state index is 0.0518. The lowest BCUT2D eigenvalue weighted by Crippen LogP contribution is -2.50. The van der Waals surface area contributed by atoms with Crippen LogP contribution in [0, 0.1) is 0 Å². The molecule has 5 aromatic rings. The molecule has 0 spiro atoms. The van der Waals surface area contributed by atoms with E-state index in [1.807, 2.05) is 6.20 Å². The van der Waals surface area contributed by atoms with Gasteiger partial charge in [0.05, 0.1) is 48.7 Å². The Hall–Kier alpha value is -4.74. The van der Waals surface area contributed by atoms with E-state index in [9.17, 15) is 9.59 Å². The molecule has 4 N–H and O–H groups in total. The number of imidazole rings is 2. The second-order valence-corrected chi connectivity index (χ2v) is 11.8. The van der Waals surface area contributed by atoms with Gasteiger partial charge in [0.25, 0.3) is 0 Å². The molecule has 2 fully saturated rings. The first-order chi connectivity index (χ1) is 22.0. The van der Waals surface area contributed by atoms with Crippen molar-refractivity contribution in [3.63, 3.8) is 0 Å². The van der Waals surface area contributed by atoms with E-state index in [0.29, 0.717) is 12.6 Å². The van der Waals surface area contributed by atoms with Gasteiger partial charge in [-0.1, -0.05) is 30.3 Å². The smallest absolute Gasteiger partial charge is 0.407 e. The molecule has 11 nitrogen and oxygen atoms in total. The van der Waals surface area contributed by atoms with Crippen LogP contribution in [-0.4, -0.2) is 76.8 Å². The zero-order valence-electron chi connectivity index (χ0n) is 25.4.